The van der Waals surface area contributed by atoms with Crippen LogP contribution in [0.3, 0.4) is 0 Å². The Kier molecular flexibility index (Phi) is 6.20. The predicted octanol–water partition coefficient (Wildman–Crippen LogP) is 1.58. The lowest BCUT2D eigenvalue weighted by Crippen LogP contribution is -2.49. The van der Waals surface area contributed by atoms with Crippen LogP contribution in [-0.4, -0.2) is 61.4 Å². The highest BCUT2D eigenvalue weighted by Gasteiger charge is 2.30. The summed E-state index contributed by atoms with van der Waals surface area (Å²) >= 11 is 0. The lowest BCUT2D eigenvalue weighted by atomic mass is 10.1. The maximum absolute atomic E-state index is 12.8. The minimum atomic E-state index is -0.964. The van der Waals surface area contributed by atoms with E-state index in [-0.39, 0.29) is 18.9 Å². The van der Waals surface area contributed by atoms with Gasteiger partial charge in [0.15, 0.2) is 11.5 Å². The van der Waals surface area contributed by atoms with E-state index in [1.165, 1.54) is 12.0 Å². The highest BCUT2D eigenvalue weighted by atomic mass is 16.5. The van der Waals surface area contributed by atoms with E-state index in [2.05, 4.69) is 6.58 Å². The Morgan fingerprint density at radius 3 is 2.92 bits per heavy atom. The monoisotopic (exact) mass is 335 g/mol. The summed E-state index contributed by atoms with van der Waals surface area (Å²) in [6.07, 6.45) is 1.46. The summed E-state index contributed by atoms with van der Waals surface area (Å²) in [5.41, 5.74) is 0.412. The second-order valence-electron chi connectivity index (χ2n) is 5.29. The highest BCUT2D eigenvalue weighted by molar-refractivity contribution is 5.95. The summed E-state index contributed by atoms with van der Waals surface area (Å²) in [5.74, 6) is -0.268. The molecule has 1 unspecified atom stereocenters. The number of amides is 1. The Hall–Kier alpha value is -2.54. The molecular formula is C17H21NO6. The smallest absolute Gasteiger partial charge is 0.305 e. The number of methoxy groups -OCH3 is 1. The zero-order valence-corrected chi connectivity index (χ0v) is 13.6. The van der Waals surface area contributed by atoms with Crippen LogP contribution >= 0.6 is 0 Å². The number of morpholine rings is 1. The molecule has 0 radical (unpaired) electrons. The van der Waals surface area contributed by atoms with E-state index >= 15 is 0 Å². The fourth-order valence-corrected chi connectivity index (χ4v) is 2.53. The molecule has 7 nitrogen and oxygen atoms in total. The molecule has 1 aromatic carbocycles. The summed E-state index contributed by atoms with van der Waals surface area (Å²) in [5, 5.41) is 9.00. The molecule has 1 aromatic rings. The topological polar surface area (TPSA) is 85.3 Å². The highest BCUT2D eigenvalue weighted by Crippen LogP contribution is 2.29. The largest absolute Gasteiger partial charge is 0.493 e. The molecule has 24 heavy (non-hydrogen) atoms. The average molecular weight is 335 g/mol. The fourth-order valence-electron chi connectivity index (χ4n) is 2.53. The number of aliphatic carboxylic acids is 1. The Morgan fingerprint density at radius 1 is 1.46 bits per heavy atom. The summed E-state index contributed by atoms with van der Waals surface area (Å²) in [4.78, 5) is 25.3. The van der Waals surface area contributed by atoms with Gasteiger partial charge in [-0.1, -0.05) is 12.7 Å². The van der Waals surface area contributed by atoms with Crippen molar-refractivity contribution in [3.05, 3.63) is 36.4 Å². The Bertz CT molecular complexity index is 615. The molecule has 1 fully saturated rings. The lowest BCUT2D eigenvalue weighted by molar-refractivity contribution is -0.139. The van der Waals surface area contributed by atoms with Crippen LogP contribution in [-0.2, 0) is 9.53 Å². The van der Waals surface area contributed by atoms with Crippen LogP contribution < -0.4 is 9.47 Å². The number of carboxylic acid groups (broad SMARTS) is 1. The van der Waals surface area contributed by atoms with Crippen molar-refractivity contribution in [3.63, 3.8) is 0 Å². The van der Waals surface area contributed by atoms with Gasteiger partial charge in [-0.2, -0.15) is 0 Å². The van der Waals surface area contributed by atoms with Gasteiger partial charge in [0, 0.05) is 12.1 Å². The van der Waals surface area contributed by atoms with Crippen LogP contribution in [0.4, 0.5) is 0 Å². The van der Waals surface area contributed by atoms with Gasteiger partial charge in [-0.25, -0.2) is 0 Å². The van der Waals surface area contributed by atoms with Gasteiger partial charge in [0.05, 0.1) is 32.8 Å². The summed E-state index contributed by atoms with van der Waals surface area (Å²) in [7, 11) is 1.49. The van der Waals surface area contributed by atoms with Crippen molar-refractivity contribution < 1.29 is 28.9 Å². The van der Waals surface area contributed by atoms with Gasteiger partial charge < -0.3 is 24.2 Å². The average Bonchev–Trinajstić information content (AvgIpc) is 2.59. The molecule has 7 heteroatoms. The summed E-state index contributed by atoms with van der Waals surface area (Å²) in [6, 6.07) is 4.40. The zero-order valence-electron chi connectivity index (χ0n) is 13.6. The summed E-state index contributed by atoms with van der Waals surface area (Å²) in [6.45, 7) is 4.87. The van der Waals surface area contributed by atoms with E-state index in [0.717, 1.165) is 0 Å². The van der Waals surface area contributed by atoms with Gasteiger partial charge in [-0.05, 0) is 18.2 Å². The molecule has 0 spiro atoms. The van der Waals surface area contributed by atoms with E-state index < -0.39 is 12.0 Å². The maximum Gasteiger partial charge on any atom is 0.305 e. The normalized spacial score (nSPS) is 17.2. The number of carbonyl (C=O) groups is 2. The maximum atomic E-state index is 12.8. The van der Waals surface area contributed by atoms with E-state index in [1.807, 2.05) is 0 Å². The minimum absolute atomic E-state index is 0.149. The Balaban J connectivity index is 2.20. The van der Waals surface area contributed by atoms with Crippen molar-refractivity contribution in [1.29, 1.82) is 0 Å². The van der Waals surface area contributed by atoms with Crippen LogP contribution in [0, 0.1) is 0 Å². The predicted molar refractivity (Wildman–Crippen MR) is 86.6 cm³/mol. The third-order valence-electron chi connectivity index (χ3n) is 3.67. The molecule has 1 atom stereocenters. The zero-order chi connectivity index (χ0) is 17.5. The SMILES string of the molecule is C=CCOc1ccc(C(=O)N2CCOCC2CC(=O)O)cc1OC. The number of nitrogens with zero attached hydrogens (tertiary/aromatic N) is 1. The number of ether oxygens (including phenoxy) is 3. The van der Waals surface area contributed by atoms with Gasteiger partial charge in [-0.3, -0.25) is 9.59 Å². The molecule has 0 bridgehead atoms. The van der Waals surface area contributed by atoms with Gasteiger partial charge in [0.1, 0.15) is 6.61 Å². The second-order valence-corrected chi connectivity index (χ2v) is 5.29. The Morgan fingerprint density at radius 2 is 2.25 bits per heavy atom. The molecule has 1 aliphatic heterocycles. The van der Waals surface area contributed by atoms with E-state index in [9.17, 15) is 9.59 Å². The molecule has 1 N–H and O–H groups in total. The number of rotatable bonds is 7. The van der Waals surface area contributed by atoms with Crippen LogP contribution in [0.1, 0.15) is 16.8 Å². The van der Waals surface area contributed by atoms with E-state index in [4.69, 9.17) is 19.3 Å². The molecule has 0 aromatic heterocycles. The molecular weight excluding hydrogens is 314 g/mol. The van der Waals surface area contributed by atoms with Gasteiger partial charge >= 0.3 is 5.97 Å². The Labute approximate surface area is 140 Å². The first-order valence-electron chi connectivity index (χ1n) is 7.59. The van der Waals surface area contributed by atoms with Crippen LogP contribution in [0.15, 0.2) is 30.9 Å². The van der Waals surface area contributed by atoms with Gasteiger partial charge in [0.25, 0.3) is 5.91 Å². The first-order valence-corrected chi connectivity index (χ1v) is 7.59. The van der Waals surface area contributed by atoms with E-state index in [1.54, 1.807) is 24.3 Å². The summed E-state index contributed by atoms with van der Waals surface area (Å²) < 4.78 is 16.0. The molecule has 1 amide bonds. The molecule has 0 aliphatic carbocycles. The van der Waals surface area contributed by atoms with Crippen molar-refractivity contribution in [2.45, 2.75) is 12.5 Å². The molecule has 1 saturated heterocycles. The van der Waals surface area contributed by atoms with Crippen molar-refractivity contribution in [2.75, 3.05) is 33.5 Å². The molecule has 2 rings (SSSR count). The molecule has 130 valence electrons. The third kappa shape index (κ3) is 4.26. The fraction of sp³-hybridized carbons (Fsp3) is 0.412. The van der Waals surface area contributed by atoms with Crippen LogP contribution in [0.5, 0.6) is 11.5 Å². The van der Waals surface area contributed by atoms with Gasteiger partial charge in [0.2, 0.25) is 0 Å². The quantitative estimate of drug-likeness (QED) is 0.762. The number of benzene rings is 1. The minimum Gasteiger partial charge on any atom is -0.493 e. The van der Waals surface area contributed by atoms with Crippen LogP contribution in [0.25, 0.3) is 0 Å². The van der Waals surface area contributed by atoms with Crippen LogP contribution in [0.2, 0.25) is 0 Å². The molecule has 1 aliphatic rings. The second kappa shape index (κ2) is 8.35. The van der Waals surface area contributed by atoms with Gasteiger partial charge in [-0.15, -0.1) is 0 Å². The lowest BCUT2D eigenvalue weighted by Gasteiger charge is -2.35. The van der Waals surface area contributed by atoms with Crippen molar-refractivity contribution in [2.24, 2.45) is 0 Å². The molecule has 1 heterocycles. The standard InChI is InChI=1S/C17H21NO6/c1-3-7-24-14-5-4-12(9-15(14)22-2)17(21)18-6-8-23-11-13(18)10-16(19)20/h3-5,9,13H,1,6-8,10-11H2,2H3,(H,19,20). The van der Waals surface area contributed by atoms with E-state index in [0.29, 0.717) is 36.8 Å². The number of hydrogen-bond acceptors (Lipinski definition) is 5. The van der Waals surface area contributed by atoms with Crippen molar-refractivity contribution in [1.82, 2.24) is 4.90 Å². The number of carbonyl (C=O) groups excluding carboxylic acids is 1. The number of carboxylic acids is 1. The molecule has 0 saturated carbocycles. The first kappa shape index (κ1) is 17.8. The van der Waals surface area contributed by atoms with Crippen molar-refractivity contribution in [3.8, 4) is 11.5 Å². The first-order chi connectivity index (χ1) is 11.6. The number of hydrogen-bond donors (Lipinski definition) is 1. The third-order valence-corrected chi connectivity index (χ3v) is 3.67. The van der Waals surface area contributed by atoms with Crippen molar-refractivity contribution >= 4 is 11.9 Å².